The largest absolute Gasteiger partial charge is 0.494 e. The van der Waals surface area contributed by atoms with Crippen molar-refractivity contribution in [1.29, 1.82) is 0 Å². The Labute approximate surface area is 239 Å². The van der Waals surface area contributed by atoms with E-state index in [-0.39, 0.29) is 28.9 Å². The zero-order valence-corrected chi connectivity index (χ0v) is 23.0. The van der Waals surface area contributed by atoms with Crippen LogP contribution in [0.2, 0.25) is 10.3 Å². The lowest BCUT2D eigenvalue weighted by molar-refractivity contribution is 0.0738. The first-order chi connectivity index (χ1) is 19.0. The highest BCUT2D eigenvalue weighted by Gasteiger charge is 2.32. The van der Waals surface area contributed by atoms with Gasteiger partial charge in [0.05, 0.1) is 48.1 Å². The smallest absolute Gasteiger partial charge is 0.276 e. The summed E-state index contributed by atoms with van der Waals surface area (Å²) in [5.41, 5.74) is 1.02. The number of hydrogen-bond donors (Lipinski definition) is 1. The molecule has 0 saturated heterocycles. The summed E-state index contributed by atoms with van der Waals surface area (Å²) in [6.45, 7) is 1.84. The average Bonchev–Trinajstić information content (AvgIpc) is 3.48. The monoisotopic (exact) mass is 608 g/mol. The molecule has 9 nitrogen and oxygen atoms in total. The third-order valence-electron chi connectivity index (χ3n) is 5.98. The molecular formula is C25H17Cl2F3N6O3S. The molecule has 2 amide bonds. The third-order valence-corrected chi connectivity index (χ3v) is 7.49. The summed E-state index contributed by atoms with van der Waals surface area (Å²) >= 11 is 13.0. The van der Waals surface area contributed by atoms with Gasteiger partial charge in [-0.15, -0.1) is 0 Å². The van der Waals surface area contributed by atoms with E-state index in [1.807, 2.05) is 0 Å². The van der Waals surface area contributed by atoms with Crippen LogP contribution in [0.1, 0.15) is 49.1 Å². The van der Waals surface area contributed by atoms with Crippen LogP contribution in [-0.4, -0.2) is 43.8 Å². The van der Waals surface area contributed by atoms with Crippen molar-refractivity contribution in [3.05, 3.63) is 79.8 Å². The SMILES string of the molecule is COc1cnc(Cl)cc1-c1cc(C)ncc1C(=O)Nc1nc2c(s1)CN(C(=O)c1nc(Cl)c(C(F)F)cc1F)C2. The van der Waals surface area contributed by atoms with Crippen molar-refractivity contribution in [2.45, 2.75) is 26.4 Å². The van der Waals surface area contributed by atoms with Crippen LogP contribution in [0, 0.1) is 12.7 Å². The molecule has 4 aromatic heterocycles. The molecule has 0 saturated carbocycles. The topological polar surface area (TPSA) is 110 Å². The zero-order valence-electron chi connectivity index (χ0n) is 20.6. The number of hydrogen-bond acceptors (Lipinski definition) is 8. The molecule has 206 valence electrons. The molecule has 0 aliphatic carbocycles. The molecule has 40 heavy (non-hydrogen) atoms. The van der Waals surface area contributed by atoms with E-state index in [2.05, 4.69) is 25.3 Å². The first-order valence-corrected chi connectivity index (χ1v) is 13.0. The molecule has 1 aliphatic rings. The highest BCUT2D eigenvalue weighted by molar-refractivity contribution is 7.16. The number of anilines is 1. The van der Waals surface area contributed by atoms with Crippen LogP contribution >= 0.6 is 34.5 Å². The van der Waals surface area contributed by atoms with E-state index in [4.69, 9.17) is 27.9 Å². The fourth-order valence-electron chi connectivity index (χ4n) is 4.09. The number of rotatable bonds is 6. The Balaban J connectivity index is 1.34. The quantitative estimate of drug-likeness (QED) is 0.263. The van der Waals surface area contributed by atoms with Gasteiger partial charge in [-0.2, -0.15) is 0 Å². The number of pyridine rings is 3. The first-order valence-electron chi connectivity index (χ1n) is 11.5. The number of nitrogens with zero attached hydrogens (tertiary/aromatic N) is 5. The van der Waals surface area contributed by atoms with Crippen LogP contribution in [-0.2, 0) is 13.1 Å². The first kappa shape index (κ1) is 27.7. The van der Waals surface area contributed by atoms with Crippen molar-refractivity contribution in [3.63, 3.8) is 0 Å². The zero-order chi connectivity index (χ0) is 28.7. The molecule has 0 fully saturated rings. The molecule has 0 unspecified atom stereocenters. The van der Waals surface area contributed by atoms with Crippen molar-refractivity contribution in [1.82, 2.24) is 24.8 Å². The van der Waals surface area contributed by atoms with Gasteiger partial charge < -0.3 is 9.64 Å². The molecule has 0 aromatic carbocycles. The molecule has 1 N–H and O–H groups in total. The second-order valence-electron chi connectivity index (χ2n) is 8.58. The van der Waals surface area contributed by atoms with Crippen molar-refractivity contribution in [2.24, 2.45) is 0 Å². The second kappa shape index (κ2) is 11.0. The number of alkyl halides is 2. The molecule has 5 rings (SSSR count). The van der Waals surface area contributed by atoms with Gasteiger partial charge in [-0.05, 0) is 25.1 Å². The number of aromatic nitrogens is 4. The number of fused-ring (bicyclic) bond motifs is 1. The minimum Gasteiger partial charge on any atom is -0.494 e. The summed E-state index contributed by atoms with van der Waals surface area (Å²) in [5, 5.41) is 2.60. The van der Waals surface area contributed by atoms with Crippen molar-refractivity contribution in [3.8, 4) is 16.9 Å². The third kappa shape index (κ3) is 5.31. The lowest BCUT2D eigenvalue weighted by Crippen LogP contribution is -2.27. The predicted molar refractivity (Wildman–Crippen MR) is 142 cm³/mol. The number of ether oxygens (including phenoxy) is 1. The maximum atomic E-state index is 14.4. The van der Waals surface area contributed by atoms with Gasteiger partial charge in [0.25, 0.3) is 18.2 Å². The van der Waals surface area contributed by atoms with E-state index in [1.54, 1.807) is 19.1 Å². The maximum Gasteiger partial charge on any atom is 0.276 e. The Bertz CT molecular complexity index is 1650. The Morgan fingerprint density at radius 2 is 1.88 bits per heavy atom. The highest BCUT2D eigenvalue weighted by atomic mass is 35.5. The van der Waals surface area contributed by atoms with E-state index in [0.29, 0.717) is 39.2 Å². The number of carbonyl (C=O) groups is 2. The van der Waals surface area contributed by atoms with Gasteiger partial charge in [0.2, 0.25) is 0 Å². The van der Waals surface area contributed by atoms with E-state index in [1.165, 1.54) is 24.4 Å². The van der Waals surface area contributed by atoms with Gasteiger partial charge in [-0.25, -0.2) is 28.1 Å². The number of nitrogens with one attached hydrogen (secondary N) is 1. The fourth-order valence-corrected chi connectivity index (χ4v) is 5.45. The molecule has 0 atom stereocenters. The number of halogens is 5. The van der Waals surface area contributed by atoms with Gasteiger partial charge in [0, 0.05) is 23.0 Å². The molecule has 1 aliphatic heterocycles. The Morgan fingerprint density at radius 3 is 2.58 bits per heavy atom. The van der Waals surface area contributed by atoms with Crippen LogP contribution < -0.4 is 10.1 Å². The van der Waals surface area contributed by atoms with Gasteiger partial charge in [0.15, 0.2) is 16.6 Å². The minimum absolute atomic E-state index is 0.0000740. The van der Waals surface area contributed by atoms with E-state index < -0.39 is 40.5 Å². The molecular weight excluding hydrogens is 592 g/mol. The number of aryl methyl sites for hydroxylation is 1. The standard InChI is InChI=1S/C25H17Cl2F3N6O3S/c1-10-3-11(12-5-19(26)32-7-17(12)39-2)14(6-31-10)23(37)35-25-33-16-8-36(9-18(16)40-25)24(38)20-15(28)4-13(22(29)30)21(27)34-20/h3-7,22H,8-9H2,1-2H3,(H,33,35,37). The highest BCUT2D eigenvalue weighted by Crippen LogP contribution is 2.36. The predicted octanol–water partition coefficient (Wildman–Crippen LogP) is 6.10. The van der Waals surface area contributed by atoms with Gasteiger partial charge in [0.1, 0.15) is 16.1 Å². The summed E-state index contributed by atoms with van der Waals surface area (Å²) in [4.78, 5) is 44.2. The van der Waals surface area contributed by atoms with Crippen molar-refractivity contribution in [2.75, 3.05) is 12.4 Å². The van der Waals surface area contributed by atoms with Gasteiger partial charge in [-0.1, -0.05) is 34.5 Å². The molecule has 15 heteroatoms. The molecule has 4 aromatic rings. The lowest BCUT2D eigenvalue weighted by Gasteiger charge is -2.16. The number of methoxy groups -OCH3 is 1. The summed E-state index contributed by atoms with van der Waals surface area (Å²) in [7, 11) is 1.48. The van der Waals surface area contributed by atoms with Crippen LogP contribution in [0.3, 0.4) is 0 Å². The molecule has 0 spiro atoms. The summed E-state index contributed by atoms with van der Waals surface area (Å²) in [6, 6.07) is 3.82. The minimum atomic E-state index is -3.04. The maximum absolute atomic E-state index is 14.4. The normalized spacial score (nSPS) is 12.6. The lowest BCUT2D eigenvalue weighted by atomic mass is 10.0. The number of amides is 2. The molecule has 0 bridgehead atoms. The van der Waals surface area contributed by atoms with E-state index in [9.17, 15) is 22.8 Å². The van der Waals surface area contributed by atoms with Crippen molar-refractivity contribution < 1.29 is 27.5 Å². The van der Waals surface area contributed by atoms with Crippen molar-refractivity contribution >= 4 is 51.5 Å². The molecule has 5 heterocycles. The van der Waals surface area contributed by atoms with Crippen LogP contribution in [0.15, 0.2) is 30.6 Å². The van der Waals surface area contributed by atoms with Crippen LogP contribution in [0.25, 0.3) is 11.1 Å². The molecule has 0 radical (unpaired) electrons. The number of carbonyl (C=O) groups excluding carboxylic acids is 2. The van der Waals surface area contributed by atoms with E-state index in [0.717, 1.165) is 11.3 Å². The number of thiazole rings is 1. The fraction of sp³-hybridized carbons (Fsp3) is 0.200. The van der Waals surface area contributed by atoms with Gasteiger partial charge >= 0.3 is 0 Å². The average molecular weight is 609 g/mol. The Morgan fingerprint density at radius 1 is 1.10 bits per heavy atom. The van der Waals surface area contributed by atoms with Crippen LogP contribution in [0.5, 0.6) is 5.75 Å². The Hall–Kier alpha value is -3.81. The Kier molecular flexibility index (Phi) is 7.62. The second-order valence-corrected chi connectivity index (χ2v) is 10.4. The summed E-state index contributed by atoms with van der Waals surface area (Å²) in [5.74, 6) is -2.09. The van der Waals surface area contributed by atoms with Crippen LogP contribution in [0.4, 0.5) is 18.3 Å². The summed E-state index contributed by atoms with van der Waals surface area (Å²) < 4.78 is 45.7. The summed E-state index contributed by atoms with van der Waals surface area (Å²) in [6.07, 6.45) is -0.149. The van der Waals surface area contributed by atoms with Gasteiger partial charge in [-0.3, -0.25) is 19.9 Å². The van der Waals surface area contributed by atoms with E-state index >= 15 is 0 Å².